The average molecular weight is 405 g/mol. The molecule has 0 aliphatic heterocycles. The van der Waals surface area contributed by atoms with Gasteiger partial charge in [0.1, 0.15) is 17.4 Å². The molecule has 0 fully saturated rings. The van der Waals surface area contributed by atoms with E-state index in [1.54, 1.807) is 18.2 Å². The molecule has 29 heavy (non-hydrogen) atoms. The summed E-state index contributed by atoms with van der Waals surface area (Å²) in [5.74, 6) is 0.150. The van der Waals surface area contributed by atoms with Crippen molar-refractivity contribution in [3.8, 4) is 11.8 Å². The van der Waals surface area contributed by atoms with Gasteiger partial charge < -0.3 is 10.1 Å². The molecule has 3 rings (SSSR count). The van der Waals surface area contributed by atoms with Gasteiger partial charge in [-0.15, -0.1) is 0 Å². The maximum absolute atomic E-state index is 12.8. The second kappa shape index (κ2) is 9.27. The van der Waals surface area contributed by atoms with Gasteiger partial charge in [-0.25, -0.2) is 0 Å². The minimum atomic E-state index is -0.493. The minimum absolute atomic E-state index is 0.0120. The Morgan fingerprint density at radius 3 is 2.76 bits per heavy atom. The van der Waals surface area contributed by atoms with Crippen molar-refractivity contribution in [2.75, 3.05) is 11.9 Å². The number of nitrogens with zero attached hydrogens (tertiary/aromatic N) is 1. The third-order valence-corrected chi connectivity index (χ3v) is 4.73. The van der Waals surface area contributed by atoms with Crippen molar-refractivity contribution in [1.82, 2.24) is 0 Å². The summed E-state index contributed by atoms with van der Waals surface area (Å²) in [5.41, 5.74) is 2.13. The number of aryl methyl sites for hydroxylation is 1. The van der Waals surface area contributed by atoms with E-state index in [9.17, 15) is 10.1 Å². The van der Waals surface area contributed by atoms with Crippen molar-refractivity contribution in [2.24, 2.45) is 0 Å². The first kappa shape index (κ1) is 20.4. The number of fused-ring (bicyclic) bond motifs is 1. The van der Waals surface area contributed by atoms with Gasteiger partial charge in [-0.05, 0) is 54.0 Å². The van der Waals surface area contributed by atoms with Gasteiger partial charge in [0.15, 0.2) is 0 Å². The van der Waals surface area contributed by atoms with E-state index in [-0.39, 0.29) is 5.57 Å². The van der Waals surface area contributed by atoms with Gasteiger partial charge in [-0.2, -0.15) is 5.26 Å². The zero-order valence-corrected chi connectivity index (χ0v) is 17.1. The van der Waals surface area contributed by atoms with Gasteiger partial charge in [0.2, 0.25) is 0 Å². The molecule has 3 aromatic rings. The van der Waals surface area contributed by atoms with Crippen molar-refractivity contribution >= 4 is 40.0 Å². The lowest BCUT2D eigenvalue weighted by molar-refractivity contribution is -0.112. The van der Waals surface area contributed by atoms with E-state index in [0.717, 1.165) is 22.8 Å². The van der Waals surface area contributed by atoms with E-state index in [1.807, 2.05) is 62.4 Å². The van der Waals surface area contributed by atoms with Crippen molar-refractivity contribution in [1.29, 1.82) is 5.26 Å². The number of carbonyl (C=O) groups excluding carboxylic acids is 1. The maximum Gasteiger partial charge on any atom is 0.266 e. The Bertz CT molecular complexity index is 1130. The average Bonchev–Trinajstić information content (AvgIpc) is 2.73. The van der Waals surface area contributed by atoms with Crippen LogP contribution >= 0.6 is 11.6 Å². The van der Waals surface area contributed by atoms with Crippen LogP contribution in [0.3, 0.4) is 0 Å². The highest BCUT2D eigenvalue weighted by Gasteiger charge is 2.14. The molecular weight excluding hydrogens is 384 g/mol. The Morgan fingerprint density at radius 2 is 2.00 bits per heavy atom. The van der Waals surface area contributed by atoms with Gasteiger partial charge in [-0.1, -0.05) is 54.9 Å². The van der Waals surface area contributed by atoms with Gasteiger partial charge in [0.25, 0.3) is 5.91 Å². The molecule has 1 N–H and O–H groups in total. The lowest BCUT2D eigenvalue weighted by Crippen LogP contribution is -2.14. The fourth-order valence-corrected chi connectivity index (χ4v) is 3.15. The molecule has 0 heterocycles. The molecule has 0 aromatic heterocycles. The Hall–Kier alpha value is -3.29. The molecule has 0 bridgehead atoms. The third-order valence-electron chi connectivity index (χ3n) is 4.49. The number of nitriles is 1. The molecule has 3 aromatic carbocycles. The number of ether oxygens (including phenoxy) is 1. The largest absolute Gasteiger partial charge is 0.493 e. The van der Waals surface area contributed by atoms with Gasteiger partial charge in [0, 0.05) is 16.3 Å². The normalized spacial score (nSPS) is 11.2. The van der Waals surface area contributed by atoms with E-state index < -0.39 is 5.91 Å². The second-order valence-electron chi connectivity index (χ2n) is 6.63. The summed E-state index contributed by atoms with van der Waals surface area (Å²) in [5, 5.41) is 14.9. The first-order chi connectivity index (χ1) is 14.0. The number of halogens is 1. The van der Waals surface area contributed by atoms with E-state index in [2.05, 4.69) is 5.32 Å². The van der Waals surface area contributed by atoms with Gasteiger partial charge >= 0.3 is 0 Å². The van der Waals surface area contributed by atoms with Crippen LogP contribution in [0.25, 0.3) is 16.8 Å². The summed E-state index contributed by atoms with van der Waals surface area (Å²) in [6.45, 7) is 4.44. The van der Waals surface area contributed by atoms with E-state index in [4.69, 9.17) is 16.3 Å². The Morgan fingerprint density at radius 1 is 1.21 bits per heavy atom. The smallest absolute Gasteiger partial charge is 0.266 e. The number of carbonyl (C=O) groups is 1. The van der Waals surface area contributed by atoms with E-state index >= 15 is 0 Å². The maximum atomic E-state index is 12.8. The third kappa shape index (κ3) is 4.77. The molecule has 0 saturated heterocycles. The van der Waals surface area contributed by atoms with Crippen molar-refractivity contribution in [2.45, 2.75) is 20.3 Å². The molecule has 0 radical (unpaired) electrons. The monoisotopic (exact) mass is 404 g/mol. The molecule has 1 amide bonds. The summed E-state index contributed by atoms with van der Waals surface area (Å²) in [6.07, 6.45) is 2.44. The van der Waals surface area contributed by atoms with Crippen molar-refractivity contribution < 1.29 is 9.53 Å². The van der Waals surface area contributed by atoms with Crippen LogP contribution in [0, 0.1) is 18.3 Å². The number of benzene rings is 3. The van der Waals surface area contributed by atoms with Crippen LogP contribution < -0.4 is 10.1 Å². The van der Waals surface area contributed by atoms with Crippen molar-refractivity contribution in [3.05, 3.63) is 76.3 Å². The standard InChI is InChI=1S/C24H21ClN2O2/c1-3-12-29-23-11-9-17-6-4-5-7-20(17)21(23)13-18(15-26)24(28)27-22-14-19(25)10-8-16(22)2/h4-11,13-14H,3,12H2,1-2H3,(H,27,28)/b18-13+. The predicted molar refractivity (Wildman–Crippen MR) is 118 cm³/mol. The Kier molecular flexibility index (Phi) is 6.54. The highest BCUT2D eigenvalue weighted by Crippen LogP contribution is 2.31. The molecule has 0 aliphatic rings. The quantitative estimate of drug-likeness (QED) is 0.396. The first-order valence-electron chi connectivity index (χ1n) is 9.37. The van der Waals surface area contributed by atoms with Gasteiger partial charge in [0.05, 0.1) is 6.61 Å². The molecule has 5 heteroatoms. The zero-order valence-electron chi connectivity index (χ0n) is 16.3. The summed E-state index contributed by atoms with van der Waals surface area (Å²) >= 11 is 6.03. The number of nitrogens with one attached hydrogen (secondary N) is 1. The number of hydrogen-bond acceptors (Lipinski definition) is 3. The van der Waals surface area contributed by atoms with E-state index in [0.29, 0.717) is 28.6 Å². The van der Waals surface area contributed by atoms with Crippen LogP contribution in [0.5, 0.6) is 5.75 Å². The number of hydrogen-bond donors (Lipinski definition) is 1. The lowest BCUT2D eigenvalue weighted by atomic mass is 10.0. The van der Waals surface area contributed by atoms with Crippen LogP contribution in [0.15, 0.2) is 60.2 Å². The van der Waals surface area contributed by atoms with Crippen LogP contribution in [-0.4, -0.2) is 12.5 Å². The van der Waals surface area contributed by atoms with Crippen LogP contribution in [0.2, 0.25) is 5.02 Å². The van der Waals surface area contributed by atoms with Crippen LogP contribution in [0.1, 0.15) is 24.5 Å². The minimum Gasteiger partial charge on any atom is -0.493 e. The summed E-state index contributed by atoms with van der Waals surface area (Å²) < 4.78 is 5.87. The van der Waals surface area contributed by atoms with Gasteiger partial charge in [-0.3, -0.25) is 4.79 Å². The van der Waals surface area contributed by atoms with E-state index in [1.165, 1.54) is 0 Å². The fraction of sp³-hybridized carbons (Fsp3) is 0.167. The molecule has 0 saturated carbocycles. The summed E-state index contributed by atoms with van der Waals surface area (Å²) in [4.78, 5) is 12.8. The first-order valence-corrected chi connectivity index (χ1v) is 9.75. The summed E-state index contributed by atoms with van der Waals surface area (Å²) in [6, 6.07) is 18.9. The highest BCUT2D eigenvalue weighted by molar-refractivity contribution is 6.31. The topological polar surface area (TPSA) is 62.1 Å². The summed E-state index contributed by atoms with van der Waals surface area (Å²) in [7, 11) is 0. The molecule has 146 valence electrons. The van der Waals surface area contributed by atoms with Crippen LogP contribution in [0.4, 0.5) is 5.69 Å². The predicted octanol–water partition coefficient (Wildman–Crippen LogP) is 6.14. The highest BCUT2D eigenvalue weighted by atomic mass is 35.5. The molecule has 4 nitrogen and oxygen atoms in total. The molecule has 0 atom stereocenters. The molecule has 0 aliphatic carbocycles. The van der Waals surface area contributed by atoms with Crippen molar-refractivity contribution in [3.63, 3.8) is 0 Å². The number of amides is 1. The Labute approximate surface area is 175 Å². The molecular formula is C24H21ClN2O2. The lowest BCUT2D eigenvalue weighted by Gasteiger charge is -2.12. The molecule has 0 spiro atoms. The zero-order chi connectivity index (χ0) is 20.8. The molecule has 0 unspecified atom stereocenters. The fourth-order valence-electron chi connectivity index (χ4n) is 2.97. The Balaban J connectivity index is 2.04. The number of anilines is 1. The second-order valence-corrected chi connectivity index (χ2v) is 7.07. The SMILES string of the molecule is CCCOc1ccc2ccccc2c1/C=C(\C#N)C(=O)Nc1cc(Cl)ccc1C. The van der Waals surface area contributed by atoms with Crippen LogP contribution in [-0.2, 0) is 4.79 Å². The number of rotatable bonds is 6.